The molecule has 5 aromatic rings. The van der Waals surface area contributed by atoms with E-state index in [4.69, 9.17) is 26.5 Å². The number of aryl methyl sites for hydroxylation is 1. The van der Waals surface area contributed by atoms with Crippen LogP contribution in [0.25, 0.3) is 28.2 Å². The van der Waals surface area contributed by atoms with Crippen LogP contribution in [-0.4, -0.2) is 42.7 Å². The summed E-state index contributed by atoms with van der Waals surface area (Å²) in [5.41, 5.74) is 5.60. The zero-order valence-electron chi connectivity index (χ0n) is 20.1. The maximum absolute atomic E-state index is 12.7. The third-order valence-electron chi connectivity index (χ3n) is 5.32. The van der Waals surface area contributed by atoms with E-state index in [1.807, 2.05) is 67.6 Å². The lowest BCUT2D eigenvalue weighted by atomic mass is 10.1. The van der Waals surface area contributed by atoms with Crippen molar-refractivity contribution in [1.29, 1.82) is 0 Å². The van der Waals surface area contributed by atoms with Crippen LogP contribution >= 0.6 is 11.6 Å². The average molecular weight is 554 g/mol. The number of aliphatic carboxylic acids is 1. The molecule has 0 aliphatic heterocycles. The van der Waals surface area contributed by atoms with Gasteiger partial charge in [0.25, 0.3) is 5.91 Å². The number of rotatable bonds is 4. The van der Waals surface area contributed by atoms with Crippen LogP contribution < -0.4 is 5.32 Å². The fourth-order valence-electron chi connectivity index (χ4n) is 3.52. The molecular formula is C27H19ClF3N5O3. The molecule has 5 rings (SSSR count). The molecule has 0 unspecified atom stereocenters. The first kappa shape index (κ1) is 27.3. The number of benzene rings is 2. The number of aromatic nitrogens is 4. The van der Waals surface area contributed by atoms with Crippen LogP contribution in [0.3, 0.4) is 0 Å². The predicted octanol–water partition coefficient (Wildman–Crippen LogP) is 6.31. The summed E-state index contributed by atoms with van der Waals surface area (Å²) in [7, 11) is 0. The number of carboxylic acid groups (broad SMARTS) is 1. The Morgan fingerprint density at radius 2 is 1.67 bits per heavy atom. The van der Waals surface area contributed by atoms with E-state index >= 15 is 0 Å². The quantitative estimate of drug-likeness (QED) is 0.270. The van der Waals surface area contributed by atoms with E-state index in [1.165, 1.54) is 0 Å². The molecule has 0 saturated heterocycles. The number of nitrogens with one attached hydrogen (secondary N) is 1. The largest absolute Gasteiger partial charge is 0.490 e. The second-order valence-corrected chi connectivity index (χ2v) is 8.60. The Morgan fingerprint density at radius 3 is 2.33 bits per heavy atom. The Kier molecular flexibility index (Phi) is 7.91. The van der Waals surface area contributed by atoms with E-state index in [0.29, 0.717) is 22.1 Å². The van der Waals surface area contributed by atoms with Gasteiger partial charge in [-0.1, -0.05) is 41.4 Å². The second-order valence-electron chi connectivity index (χ2n) is 8.17. The van der Waals surface area contributed by atoms with E-state index in [2.05, 4.69) is 15.4 Å². The maximum atomic E-state index is 12.7. The van der Waals surface area contributed by atoms with Gasteiger partial charge in [0.15, 0.2) is 5.65 Å². The fraction of sp³-hybridized carbons (Fsp3) is 0.0741. The third kappa shape index (κ3) is 6.57. The number of nitrogens with zero attached hydrogens (tertiary/aromatic N) is 4. The number of hydrogen-bond acceptors (Lipinski definition) is 5. The van der Waals surface area contributed by atoms with Gasteiger partial charge in [-0.2, -0.15) is 18.3 Å². The van der Waals surface area contributed by atoms with Crippen molar-refractivity contribution in [2.45, 2.75) is 13.1 Å². The lowest BCUT2D eigenvalue weighted by Gasteiger charge is -2.09. The van der Waals surface area contributed by atoms with E-state index in [0.717, 1.165) is 28.1 Å². The summed E-state index contributed by atoms with van der Waals surface area (Å²) in [5, 5.41) is 15.1. The molecule has 0 atom stereocenters. The highest BCUT2D eigenvalue weighted by atomic mass is 35.5. The van der Waals surface area contributed by atoms with Gasteiger partial charge in [0.05, 0.1) is 5.69 Å². The first-order valence-corrected chi connectivity index (χ1v) is 11.6. The number of amides is 1. The number of fused-ring (bicyclic) bond motifs is 1. The first-order valence-electron chi connectivity index (χ1n) is 11.3. The van der Waals surface area contributed by atoms with Gasteiger partial charge in [-0.05, 0) is 55.5 Å². The molecule has 2 aromatic carbocycles. The Bertz CT molecular complexity index is 1650. The number of carbonyl (C=O) groups is 2. The summed E-state index contributed by atoms with van der Waals surface area (Å²) < 4.78 is 33.5. The smallest absolute Gasteiger partial charge is 0.475 e. The van der Waals surface area contributed by atoms with Gasteiger partial charge in [-0.15, -0.1) is 0 Å². The van der Waals surface area contributed by atoms with Crippen LogP contribution in [0.5, 0.6) is 0 Å². The lowest BCUT2D eigenvalue weighted by Crippen LogP contribution is -2.21. The molecule has 0 bridgehead atoms. The van der Waals surface area contributed by atoms with Crippen molar-refractivity contribution < 1.29 is 27.9 Å². The van der Waals surface area contributed by atoms with Gasteiger partial charge in [-0.25, -0.2) is 19.3 Å². The minimum absolute atomic E-state index is 0.221. The van der Waals surface area contributed by atoms with Crippen molar-refractivity contribution in [2.24, 2.45) is 0 Å². The molecule has 198 valence electrons. The lowest BCUT2D eigenvalue weighted by molar-refractivity contribution is -0.192. The van der Waals surface area contributed by atoms with Gasteiger partial charge >= 0.3 is 12.1 Å². The van der Waals surface area contributed by atoms with E-state index < -0.39 is 12.1 Å². The van der Waals surface area contributed by atoms with Gasteiger partial charge in [0, 0.05) is 34.1 Å². The second kappa shape index (κ2) is 11.3. The number of pyridine rings is 1. The molecule has 0 saturated carbocycles. The summed E-state index contributed by atoms with van der Waals surface area (Å²) in [6, 6.07) is 22.3. The van der Waals surface area contributed by atoms with Gasteiger partial charge in [0.1, 0.15) is 11.5 Å². The van der Waals surface area contributed by atoms with Gasteiger partial charge < -0.3 is 10.4 Å². The molecule has 12 heteroatoms. The third-order valence-corrected chi connectivity index (χ3v) is 5.56. The zero-order valence-corrected chi connectivity index (χ0v) is 20.9. The normalized spacial score (nSPS) is 11.0. The Balaban J connectivity index is 0.000000448. The van der Waals surface area contributed by atoms with Crippen molar-refractivity contribution in [1.82, 2.24) is 19.6 Å². The standard InChI is InChI=1S/C25H18ClN5O.C2HF3O2/c1-16-7-9-17(10-8-16)25(32)29-21-15-19(11-13-27-21)24-23(18-4-2-5-20(26)14-18)30-22-6-3-12-28-31(22)24;3-2(4,5)1(6)7/h2-15H,1H3,(H,27,29,32);(H,6,7). The number of halogens is 4. The molecule has 0 spiro atoms. The predicted molar refractivity (Wildman–Crippen MR) is 139 cm³/mol. The molecule has 0 fully saturated rings. The fourth-order valence-corrected chi connectivity index (χ4v) is 3.71. The number of hydrogen-bond donors (Lipinski definition) is 2. The number of anilines is 1. The summed E-state index contributed by atoms with van der Waals surface area (Å²) in [5.74, 6) is -2.54. The number of carbonyl (C=O) groups excluding carboxylic acids is 1. The Labute approximate surface area is 224 Å². The SMILES string of the molecule is Cc1ccc(C(=O)Nc2cc(-c3c(-c4cccc(Cl)c4)nc4cccnn34)ccn2)cc1.O=C(O)C(F)(F)F. The van der Waals surface area contributed by atoms with Crippen molar-refractivity contribution >= 4 is 34.9 Å². The van der Waals surface area contributed by atoms with Crippen molar-refractivity contribution in [3.63, 3.8) is 0 Å². The topological polar surface area (TPSA) is 109 Å². The molecule has 0 radical (unpaired) electrons. The molecule has 3 aromatic heterocycles. The number of alkyl halides is 3. The molecule has 1 amide bonds. The van der Waals surface area contributed by atoms with Crippen LogP contribution in [-0.2, 0) is 4.79 Å². The van der Waals surface area contributed by atoms with Gasteiger partial charge in [0.2, 0.25) is 0 Å². The maximum Gasteiger partial charge on any atom is 0.490 e. The Morgan fingerprint density at radius 1 is 0.949 bits per heavy atom. The van der Waals surface area contributed by atoms with Crippen molar-refractivity contribution in [3.8, 4) is 22.5 Å². The highest BCUT2D eigenvalue weighted by Crippen LogP contribution is 2.34. The molecule has 2 N–H and O–H groups in total. The van der Waals surface area contributed by atoms with E-state index in [9.17, 15) is 18.0 Å². The van der Waals surface area contributed by atoms with E-state index in [-0.39, 0.29) is 5.91 Å². The summed E-state index contributed by atoms with van der Waals surface area (Å²) in [6.07, 6.45) is -1.72. The molecule has 3 heterocycles. The summed E-state index contributed by atoms with van der Waals surface area (Å²) in [4.78, 5) is 30.7. The molecule has 0 aliphatic carbocycles. The average Bonchev–Trinajstić information content (AvgIpc) is 3.29. The van der Waals surface area contributed by atoms with Crippen LogP contribution in [0.4, 0.5) is 19.0 Å². The molecule has 39 heavy (non-hydrogen) atoms. The van der Waals surface area contributed by atoms with Crippen LogP contribution in [0.1, 0.15) is 15.9 Å². The summed E-state index contributed by atoms with van der Waals surface area (Å²) in [6.45, 7) is 1.98. The summed E-state index contributed by atoms with van der Waals surface area (Å²) >= 11 is 6.23. The van der Waals surface area contributed by atoms with Gasteiger partial charge in [-0.3, -0.25) is 4.79 Å². The minimum atomic E-state index is -5.08. The number of carboxylic acids is 1. The van der Waals surface area contributed by atoms with E-state index in [1.54, 1.807) is 29.0 Å². The van der Waals surface area contributed by atoms with Crippen molar-refractivity contribution in [3.05, 3.63) is 101 Å². The molecule has 8 nitrogen and oxygen atoms in total. The minimum Gasteiger partial charge on any atom is -0.475 e. The monoisotopic (exact) mass is 553 g/mol. The zero-order chi connectivity index (χ0) is 28.2. The molecular weight excluding hydrogens is 535 g/mol. The Hall–Kier alpha value is -4.77. The highest BCUT2D eigenvalue weighted by molar-refractivity contribution is 6.30. The van der Waals surface area contributed by atoms with Crippen LogP contribution in [0, 0.1) is 6.92 Å². The highest BCUT2D eigenvalue weighted by Gasteiger charge is 2.38. The molecule has 0 aliphatic rings. The van der Waals surface area contributed by atoms with Crippen LogP contribution in [0.15, 0.2) is 85.2 Å². The van der Waals surface area contributed by atoms with Crippen LogP contribution in [0.2, 0.25) is 5.02 Å². The first-order chi connectivity index (χ1) is 18.5. The van der Waals surface area contributed by atoms with Crippen molar-refractivity contribution in [2.75, 3.05) is 5.32 Å². The number of imidazole rings is 1.